The smallest absolute Gasteiger partial charge is 0.220 e. The first-order valence-electron chi connectivity index (χ1n) is 5.41. The van der Waals surface area contributed by atoms with Gasteiger partial charge in [0.2, 0.25) is 5.91 Å². The second-order valence-electron chi connectivity index (χ2n) is 3.68. The Morgan fingerprint density at radius 2 is 2.36 bits per heavy atom. The molecule has 4 nitrogen and oxygen atoms in total. The molecule has 1 atom stereocenters. The summed E-state index contributed by atoms with van der Waals surface area (Å²) in [7, 11) is 0. The zero-order valence-corrected chi connectivity index (χ0v) is 8.63. The van der Waals surface area contributed by atoms with E-state index in [-0.39, 0.29) is 12.0 Å². The normalized spacial score (nSPS) is 21.1. The second kappa shape index (κ2) is 6.79. The first kappa shape index (κ1) is 11.5. The molecule has 1 fully saturated rings. The summed E-state index contributed by atoms with van der Waals surface area (Å²) in [6.07, 6.45) is 4.83. The molecule has 0 aromatic carbocycles. The van der Waals surface area contributed by atoms with E-state index in [1.165, 1.54) is 0 Å². The zero-order valence-electron chi connectivity index (χ0n) is 8.63. The van der Waals surface area contributed by atoms with Crippen LogP contribution in [0.25, 0.3) is 0 Å². The lowest BCUT2D eigenvalue weighted by atomic mass is 10.2. The van der Waals surface area contributed by atoms with Gasteiger partial charge in [-0.3, -0.25) is 4.79 Å². The molecule has 0 spiro atoms. The van der Waals surface area contributed by atoms with Crippen LogP contribution < -0.4 is 11.1 Å². The van der Waals surface area contributed by atoms with Crippen molar-refractivity contribution < 1.29 is 9.53 Å². The molecule has 0 aromatic rings. The predicted molar refractivity (Wildman–Crippen MR) is 54.9 cm³/mol. The average molecular weight is 200 g/mol. The number of unbranched alkanes of at least 4 members (excludes halogenated alkanes) is 1. The van der Waals surface area contributed by atoms with Gasteiger partial charge < -0.3 is 15.8 Å². The number of carbonyl (C=O) groups excluding carboxylic acids is 1. The van der Waals surface area contributed by atoms with Crippen LogP contribution in [0.3, 0.4) is 0 Å². The van der Waals surface area contributed by atoms with E-state index in [0.717, 1.165) is 32.3 Å². The van der Waals surface area contributed by atoms with E-state index in [2.05, 4.69) is 5.32 Å². The molecule has 14 heavy (non-hydrogen) atoms. The molecule has 1 amide bonds. The molecule has 1 aliphatic rings. The number of hydrogen-bond acceptors (Lipinski definition) is 3. The van der Waals surface area contributed by atoms with Gasteiger partial charge >= 0.3 is 0 Å². The number of amides is 1. The number of ether oxygens (including phenoxy) is 1. The van der Waals surface area contributed by atoms with Crippen molar-refractivity contribution >= 4 is 5.91 Å². The topological polar surface area (TPSA) is 64.4 Å². The zero-order chi connectivity index (χ0) is 10.2. The third kappa shape index (κ3) is 4.58. The van der Waals surface area contributed by atoms with Crippen LogP contribution in [-0.2, 0) is 9.53 Å². The summed E-state index contributed by atoms with van der Waals surface area (Å²) in [5, 5.41) is 2.88. The van der Waals surface area contributed by atoms with Crippen molar-refractivity contribution in [3.63, 3.8) is 0 Å². The molecule has 0 bridgehead atoms. The van der Waals surface area contributed by atoms with Gasteiger partial charge in [0.1, 0.15) is 0 Å². The fourth-order valence-electron chi connectivity index (χ4n) is 1.55. The number of rotatable bonds is 6. The van der Waals surface area contributed by atoms with Gasteiger partial charge in [-0.2, -0.15) is 0 Å². The lowest BCUT2D eigenvalue weighted by Gasteiger charge is -2.10. The summed E-state index contributed by atoms with van der Waals surface area (Å²) < 4.78 is 5.39. The first-order valence-corrected chi connectivity index (χ1v) is 5.41. The van der Waals surface area contributed by atoms with Crippen molar-refractivity contribution in [2.75, 3.05) is 19.7 Å². The van der Waals surface area contributed by atoms with Gasteiger partial charge in [-0.05, 0) is 32.2 Å². The molecule has 0 aliphatic carbocycles. The Balaban J connectivity index is 1.96. The molecule has 0 radical (unpaired) electrons. The van der Waals surface area contributed by atoms with Crippen LogP contribution in [-0.4, -0.2) is 31.7 Å². The van der Waals surface area contributed by atoms with Crippen molar-refractivity contribution in [3.05, 3.63) is 0 Å². The minimum absolute atomic E-state index is 0.119. The van der Waals surface area contributed by atoms with Crippen LogP contribution in [0.5, 0.6) is 0 Å². The average Bonchev–Trinajstić information content (AvgIpc) is 2.68. The minimum atomic E-state index is 0.119. The maximum absolute atomic E-state index is 11.3. The molecule has 3 N–H and O–H groups in total. The highest BCUT2D eigenvalue weighted by atomic mass is 16.5. The molecular weight excluding hydrogens is 180 g/mol. The van der Waals surface area contributed by atoms with Crippen molar-refractivity contribution in [1.82, 2.24) is 5.32 Å². The molecule has 1 unspecified atom stereocenters. The SMILES string of the molecule is NCCCCC(=O)NCC1CCCO1. The molecule has 1 aliphatic heterocycles. The van der Waals surface area contributed by atoms with E-state index in [9.17, 15) is 4.79 Å². The van der Waals surface area contributed by atoms with Crippen LogP contribution in [0.2, 0.25) is 0 Å². The van der Waals surface area contributed by atoms with Gasteiger partial charge in [0, 0.05) is 19.6 Å². The van der Waals surface area contributed by atoms with Crippen molar-refractivity contribution in [2.45, 2.75) is 38.2 Å². The fourth-order valence-corrected chi connectivity index (χ4v) is 1.55. The molecule has 4 heteroatoms. The summed E-state index contributed by atoms with van der Waals surface area (Å²) >= 11 is 0. The summed E-state index contributed by atoms with van der Waals surface area (Å²) in [4.78, 5) is 11.3. The third-order valence-corrected chi connectivity index (χ3v) is 2.41. The van der Waals surface area contributed by atoms with E-state index in [1.807, 2.05) is 0 Å². The van der Waals surface area contributed by atoms with Crippen LogP contribution >= 0.6 is 0 Å². The molecule has 0 saturated carbocycles. The van der Waals surface area contributed by atoms with E-state index in [4.69, 9.17) is 10.5 Å². The van der Waals surface area contributed by atoms with Gasteiger partial charge in [0.25, 0.3) is 0 Å². The highest BCUT2D eigenvalue weighted by Crippen LogP contribution is 2.10. The van der Waals surface area contributed by atoms with Gasteiger partial charge in [-0.1, -0.05) is 0 Å². The van der Waals surface area contributed by atoms with Crippen molar-refractivity contribution in [3.8, 4) is 0 Å². The van der Waals surface area contributed by atoms with Gasteiger partial charge in [-0.15, -0.1) is 0 Å². The Morgan fingerprint density at radius 3 is 3.00 bits per heavy atom. The van der Waals surface area contributed by atoms with Gasteiger partial charge in [0.15, 0.2) is 0 Å². The first-order chi connectivity index (χ1) is 6.83. The second-order valence-corrected chi connectivity index (χ2v) is 3.68. The Hall–Kier alpha value is -0.610. The maximum atomic E-state index is 11.3. The maximum Gasteiger partial charge on any atom is 0.220 e. The Labute approximate surface area is 85.2 Å². The summed E-state index contributed by atoms with van der Waals surface area (Å²) in [6.45, 7) is 2.17. The van der Waals surface area contributed by atoms with Crippen molar-refractivity contribution in [2.24, 2.45) is 5.73 Å². The number of nitrogens with one attached hydrogen (secondary N) is 1. The Kier molecular flexibility index (Phi) is 5.56. The van der Waals surface area contributed by atoms with Crippen molar-refractivity contribution in [1.29, 1.82) is 0 Å². The third-order valence-electron chi connectivity index (χ3n) is 2.41. The molecule has 1 rings (SSSR count). The molecule has 82 valence electrons. The number of hydrogen-bond donors (Lipinski definition) is 2. The fraction of sp³-hybridized carbons (Fsp3) is 0.900. The van der Waals surface area contributed by atoms with Crippen LogP contribution in [0.1, 0.15) is 32.1 Å². The van der Waals surface area contributed by atoms with E-state index >= 15 is 0 Å². The highest BCUT2D eigenvalue weighted by Gasteiger charge is 2.15. The van der Waals surface area contributed by atoms with Gasteiger partial charge in [-0.25, -0.2) is 0 Å². The van der Waals surface area contributed by atoms with E-state index < -0.39 is 0 Å². The summed E-state index contributed by atoms with van der Waals surface area (Å²) in [6, 6.07) is 0. The predicted octanol–water partition coefficient (Wildman–Crippen LogP) is 0.411. The quantitative estimate of drug-likeness (QED) is 0.610. The van der Waals surface area contributed by atoms with Crippen LogP contribution in [0.15, 0.2) is 0 Å². The largest absolute Gasteiger partial charge is 0.376 e. The number of nitrogens with two attached hydrogens (primary N) is 1. The van der Waals surface area contributed by atoms with E-state index in [1.54, 1.807) is 0 Å². The molecule has 0 aromatic heterocycles. The monoisotopic (exact) mass is 200 g/mol. The van der Waals surface area contributed by atoms with E-state index in [0.29, 0.717) is 19.5 Å². The van der Waals surface area contributed by atoms with Crippen LogP contribution in [0, 0.1) is 0 Å². The number of carbonyl (C=O) groups is 1. The molecule has 1 saturated heterocycles. The lowest BCUT2D eigenvalue weighted by molar-refractivity contribution is -0.121. The standard InChI is InChI=1S/C10H20N2O2/c11-6-2-1-5-10(13)12-8-9-4-3-7-14-9/h9H,1-8,11H2,(H,12,13). The molecular formula is C10H20N2O2. The Bertz CT molecular complexity index is 168. The van der Waals surface area contributed by atoms with Gasteiger partial charge in [0.05, 0.1) is 6.10 Å². The van der Waals surface area contributed by atoms with Crippen LogP contribution in [0.4, 0.5) is 0 Å². The summed E-state index contributed by atoms with van der Waals surface area (Å²) in [5.41, 5.74) is 5.34. The Morgan fingerprint density at radius 1 is 1.50 bits per heavy atom. The summed E-state index contributed by atoms with van der Waals surface area (Å²) in [5.74, 6) is 0.119. The lowest BCUT2D eigenvalue weighted by Crippen LogP contribution is -2.31. The molecule has 1 heterocycles. The highest BCUT2D eigenvalue weighted by molar-refractivity contribution is 5.75. The minimum Gasteiger partial charge on any atom is -0.376 e.